The fourth-order valence-corrected chi connectivity index (χ4v) is 7.23. The predicted octanol–water partition coefficient (Wildman–Crippen LogP) is 7.36. The minimum Gasteiger partial charge on any atom is -0.493 e. The first kappa shape index (κ1) is 32.3. The van der Waals surface area contributed by atoms with Gasteiger partial charge in [-0.05, 0) is 72.9 Å². The summed E-state index contributed by atoms with van der Waals surface area (Å²) in [5.41, 5.74) is 2.27. The van der Waals surface area contributed by atoms with Crippen molar-refractivity contribution in [1.29, 1.82) is 0 Å². The lowest BCUT2D eigenvalue weighted by Crippen LogP contribution is -2.48. The summed E-state index contributed by atoms with van der Waals surface area (Å²) < 4.78 is 19.6. The van der Waals surface area contributed by atoms with E-state index in [1.807, 2.05) is 18.2 Å². The van der Waals surface area contributed by atoms with Crippen LogP contribution >= 0.6 is 0 Å². The maximum absolute atomic E-state index is 13.4. The Labute approximate surface area is 265 Å². The lowest BCUT2D eigenvalue weighted by molar-refractivity contribution is -0.115. The molecular formula is C35H46FN7O2. The first-order valence-electron chi connectivity index (χ1n) is 15.9. The number of fused-ring (bicyclic) bond motifs is 1. The number of H-pyrrole nitrogens is 1. The highest BCUT2D eigenvalue weighted by Gasteiger charge is 2.44. The lowest BCUT2D eigenvalue weighted by Gasteiger charge is -2.47. The van der Waals surface area contributed by atoms with Crippen molar-refractivity contribution < 1.29 is 13.9 Å². The normalized spacial score (nSPS) is 16.0. The van der Waals surface area contributed by atoms with Crippen molar-refractivity contribution in [3.63, 3.8) is 0 Å². The number of nitrogens with zero attached hydrogens (tertiary/aromatic N) is 4. The van der Waals surface area contributed by atoms with E-state index >= 15 is 0 Å². The standard InChI is InChI=1S/C35H46FN7O2/c1-34(2,3)32(35(4,5)6)29-12-8-15-43(29)16-9-17-45-26-13-14-27-28(21-26)37-22-38-33(27)40-30-19-25(41-42-30)20-31(44)39-24-11-7-10-23(36)18-24/h7,10-11,13-14,18-19,21-22,29,32H,8-9,12,15-17,20H2,1-6H3,(H,39,44)(H2,37,38,40,41,42)/t29-/m1/s1. The van der Waals surface area contributed by atoms with Crippen LogP contribution in [0.15, 0.2) is 54.9 Å². The number of ether oxygens (including phenoxy) is 1. The van der Waals surface area contributed by atoms with E-state index in [1.165, 1.54) is 31.3 Å². The number of halogens is 1. The number of aromatic nitrogens is 4. The van der Waals surface area contributed by atoms with Gasteiger partial charge in [-0.3, -0.25) is 14.8 Å². The molecule has 1 atom stereocenters. The van der Waals surface area contributed by atoms with Crippen molar-refractivity contribution in [2.45, 2.75) is 73.3 Å². The molecule has 2 aromatic heterocycles. The van der Waals surface area contributed by atoms with Gasteiger partial charge in [-0.25, -0.2) is 14.4 Å². The van der Waals surface area contributed by atoms with Crippen LogP contribution < -0.4 is 15.4 Å². The van der Waals surface area contributed by atoms with E-state index in [0.29, 0.717) is 41.6 Å². The summed E-state index contributed by atoms with van der Waals surface area (Å²) in [5, 5.41) is 13.9. The van der Waals surface area contributed by atoms with Gasteiger partial charge in [0, 0.05) is 41.5 Å². The molecule has 9 nitrogen and oxygen atoms in total. The molecule has 4 aromatic rings. The third kappa shape index (κ3) is 8.36. The Morgan fingerprint density at radius 2 is 1.89 bits per heavy atom. The minimum atomic E-state index is -0.409. The van der Waals surface area contributed by atoms with Crippen LogP contribution in [0.4, 0.5) is 21.7 Å². The maximum Gasteiger partial charge on any atom is 0.230 e. The molecule has 1 aliphatic rings. The lowest BCUT2D eigenvalue weighted by atomic mass is 9.63. The van der Waals surface area contributed by atoms with Crippen LogP contribution in [0, 0.1) is 22.6 Å². The molecule has 0 spiro atoms. The smallest absolute Gasteiger partial charge is 0.230 e. The average Bonchev–Trinajstić information content (AvgIpc) is 3.58. The Morgan fingerprint density at radius 3 is 2.64 bits per heavy atom. The zero-order valence-electron chi connectivity index (χ0n) is 27.3. The fourth-order valence-electron chi connectivity index (χ4n) is 7.23. The Morgan fingerprint density at radius 1 is 1.09 bits per heavy atom. The highest BCUT2D eigenvalue weighted by atomic mass is 19.1. The first-order valence-corrected chi connectivity index (χ1v) is 15.9. The molecule has 10 heteroatoms. The number of rotatable bonds is 11. The van der Waals surface area contributed by atoms with Crippen molar-refractivity contribution in [1.82, 2.24) is 25.1 Å². The van der Waals surface area contributed by atoms with E-state index in [0.717, 1.165) is 36.2 Å². The second-order valence-corrected chi connectivity index (χ2v) is 14.2. The number of carbonyl (C=O) groups excluding carboxylic acids is 1. The molecule has 5 rings (SSSR count). The van der Waals surface area contributed by atoms with Crippen molar-refractivity contribution in [3.8, 4) is 5.75 Å². The third-order valence-electron chi connectivity index (χ3n) is 8.47. The minimum absolute atomic E-state index is 0.0581. The number of benzene rings is 2. The van der Waals surface area contributed by atoms with E-state index in [2.05, 4.69) is 77.2 Å². The molecule has 1 saturated heterocycles. The molecule has 1 aliphatic heterocycles. The van der Waals surface area contributed by atoms with Gasteiger partial charge in [-0.15, -0.1) is 0 Å². The van der Waals surface area contributed by atoms with Gasteiger partial charge in [-0.2, -0.15) is 5.10 Å². The van der Waals surface area contributed by atoms with Crippen LogP contribution in [-0.2, 0) is 11.2 Å². The molecule has 0 aliphatic carbocycles. The number of aromatic amines is 1. The molecule has 45 heavy (non-hydrogen) atoms. The summed E-state index contributed by atoms with van der Waals surface area (Å²) in [5.74, 6) is 1.82. The van der Waals surface area contributed by atoms with Crippen LogP contribution in [0.3, 0.4) is 0 Å². The van der Waals surface area contributed by atoms with Gasteiger partial charge in [0.2, 0.25) is 5.91 Å². The first-order chi connectivity index (χ1) is 21.4. The highest BCUT2D eigenvalue weighted by Crippen LogP contribution is 2.46. The quantitative estimate of drug-likeness (QED) is 0.151. The molecule has 0 bridgehead atoms. The molecule has 0 saturated carbocycles. The Kier molecular flexibility index (Phi) is 9.72. The van der Waals surface area contributed by atoms with Crippen molar-refractivity contribution in [3.05, 3.63) is 66.4 Å². The van der Waals surface area contributed by atoms with Crippen LogP contribution in [0.5, 0.6) is 5.75 Å². The SMILES string of the molecule is CC(C)(C)C([C@H]1CCCN1CCCOc1ccc2c(Nc3cc(CC(=O)Nc4cccc(F)c4)[nH]n3)ncnc2c1)C(C)(C)C. The molecule has 1 fully saturated rings. The second-order valence-electron chi connectivity index (χ2n) is 14.2. The van der Waals surface area contributed by atoms with E-state index < -0.39 is 5.82 Å². The van der Waals surface area contributed by atoms with Crippen molar-refractivity contribution in [2.24, 2.45) is 16.7 Å². The van der Waals surface area contributed by atoms with Crippen molar-refractivity contribution >= 4 is 34.1 Å². The third-order valence-corrected chi connectivity index (χ3v) is 8.47. The number of hydrogen-bond donors (Lipinski definition) is 3. The zero-order valence-corrected chi connectivity index (χ0v) is 27.3. The summed E-state index contributed by atoms with van der Waals surface area (Å²) in [4.78, 5) is 24.0. The van der Waals surface area contributed by atoms with Gasteiger partial charge in [0.05, 0.1) is 18.5 Å². The number of likely N-dealkylation sites (tertiary alicyclic amines) is 1. The van der Waals surface area contributed by atoms with Gasteiger partial charge in [0.25, 0.3) is 0 Å². The number of amides is 1. The van der Waals surface area contributed by atoms with Crippen LogP contribution in [0.1, 0.15) is 66.5 Å². The summed E-state index contributed by atoms with van der Waals surface area (Å²) in [6.07, 6.45) is 5.06. The molecule has 240 valence electrons. The Balaban J connectivity index is 1.15. The summed E-state index contributed by atoms with van der Waals surface area (Å²) >= 11 is 0. The molecule has 1 amide bonds. The van der Waals surface area contributed by atoms with Crippen LogP contribution in [0.25, 0.3) is 10.9 Å². The summed E-state index contributed by atoms with van der Waals surface area (Å²) in [6.45, 7) is 17.2. The maximum atomic E-state index is 13.4. The number of anilines is 3. The Bertz CT molecular complexity index is 1590. The zero-order chi connectivity index (χ0) is 32.2. The van der Waals surface area contributed by atoms with E-state index in [-0.39, 0.29) is 23.2 Å². The molecule has 3 N–H and O–H groups in total. The second kappa shape index (κ2) is 13.5. The predicted molar refractivity (Wildman–Crippen MR) is 177 cm³/mol. The number of hydrogen-bond acceptors (Lipinski definition) is 7. The molecular weight excluding hydrogens is 569 g/mol. The van der Waals surface area contributed by atoms with Gasteiger partial charge < -0.3 is 15.4 Å². The molecule has 0 radical (unpaired) electrons. The average molecular weight is 616 g/mol. The highest BCUT2D eigenvalue weighted by molar-refractivity contribution is 5.93. The van der Waals surface area contributed by atoms with E-state index in [1.54, 1.807) is 18.2 Å². The fraction of sp³-hybridized carbons (Fsp3) is 0.486. The van der Waals surface area contributed by atoms with Gasteiger partial charge in [0.15, 0.2) is 5.82 Å². The van der Waals surface area contributed by atoms with Crippen LogP contribution in [-0.4, -0.2) is 56.7 Å². The summed E-state index contributed by atoms with van der Waals surface area (Å²) in [7, 11) is 0. The monoisotopic (exact) mass is 615 g/mol. The van der Waals surface area contributed by atoms with Crippen molar-refractivity contribution in [2.75, 3.05) is 30.3 Å². The van der Waals surface area contributed by atoms with Gasteiger partial charge in [-0.1, -0.05) is 47.6 Å². The molecule has 2 aromatic carbocycles. The van der Waals surface area contributed by atoms with E-state index in [9.17, 15) is 9.18 Å². The van der Waals surface area contributed by atoms with E-state index in [4.69, 9.17) is 4.74 Å². The van der Waals surface area contributed by atoms with Gasteiger partial charge >= 0.3 is 0 Å². The largest absolute Gasteiger partial charge is 0.493 e. The molecule has 3 heterocycles. The topological polar surface area (TPSA) is 108 Å². The summed E-state index contributed by atoms with van der Waals surface area (Å²) in [6, 6.07) is 14.0. The van der Waals surface area contributed by atoms with Gasteiger partial charge in [0.1, 0.15) is 23.7 Å². The molecule has 0 unspecified atom stereocenters. The number of carbonyl (C=O) groups is 1. The Hall–Kier alpha value is -4.05. The number of nitrogens with one attached hydrogen (secondary N) is 3. The van der Waals surface area contributed by atoms with Crippen LogP contribution in [0.2, 0.25) is 0 Å².